The molecule has 0 saturated carbocycles. The molecule has 3 rings (SSSR count). The van der Waals surface area contributed by atoms with E-state index in [9.17, 15) is 13.2 Å². The molecule has 7 heteroatoms. The van der Waals surface area contributed by atoms with Crippen molar-refractivity contribution in [2.75, 3.05) is 0 Å². The van der Waals surface area contributed by atoms with Crippen LogP contribution in [0.5, 0.6) is 0 Å². The third-order valence-corrected chi connectivity index (χ3v) is 3.72. The summed E-state index contributed by atoms with van der Waals surface area (Å²) in [6.45, 7) is 0. The molecule has 0 radical (unpaired) electrons. The summed E-state index contributed by atoms with van der Waals surface area (Å²) in [5.41, 5.74) is 0.590. The van der Waals surface area contributed by atoms with E-state index in [4.69, 9.17) is 16.9 Å². The zero-order chi connectivity index (χ0) is 16.6. The number of halogens is 4. The molecule has 3 aromatic rings. The van der Waals surface area contributed by atoms with Crippen molar-refractivity contribution < 1.29 is 13.2 Å². The van der Waals surface area contributed by atoms with Crippen LogP contribution in [0.25, 0.3) is 16.7 Å². The highest BCUT2D eigenvalue weighted by molar-refractivity contribution is 6.32. The predicted molar refractivity (Wildman–Crippen MR) is 80.4 cm³/mol. The van der Waals surface area contributed by atoms with Crippen LogP contribution >= 0.6 is 11.6 Å². The number of aromatic nitrogens is 2. The molecular formula is C16H9ClF3N3. The molecule has 3 nitrogen and oxygen atoms in total. The molecule has 0 aliphatic heterocycles. The number of nitrogens with zero attached hydrogens (tertiary/aromatic N) is 3. The zero-order valence-corrected chi connectivity index (χ0v) is 12.4. The maximum absolute atomic E-state index is 12.7. The standard InChI is InChI=1S/C16H9ClF3N3/c17-13-7-11(16(18,19)20)8-22-15(13)23-9-10(5-6-21)12-3-1-2-4-14(12)23/h1-4,7-9H,5H2. The molecular weight excluding hydrogens is 327 g/mol. The Morgan fingerprint density at radius 3 is 2.65 bits per heavy atom. The molecule has 2 aromatic heterocycles. The van der Waals surface area contributed by atoms with Crippen molar-refractivity contribution >= 4 is 22.5 Å². The van der Waals surface area contributed by atoms with E-state index in [0.717, 1.165) is 28.7 Å². The molecule has 0 saturated heterocycles. The Kier molecular flexibility index (Phi) is 3.74. The van der Waals surface area contributed by atoms with Crippen molar-refractivity contribution in [3.8, 4) is 11.9 Å². The molecule has 0 aliphatic rings. The summed E-state index contributed by atoms with van der Waals surface area (Å²) in [6.07, 6.45) is -1.89. The highest BCUT2D eigenvalue weighted by atomic mass is 35.5. The van der Waals surface area contributed by atoms with Crippen LogP contribution in [0.4, 0.5) is 13.2 Å². The third kappa shape index (κ3) is 2.76. The molecule has 23 heavy (non-hydrogen) atoms. The van der Waals surface area contributed by atoms with E-state index in [1.165, 1.54) is 0 Å². The second-order valence-electron chi connectivity index (χ2n) is 4.90. The number of para-hydroxylation sites is 1. The van der Waals surface area contributed by atoms with E-state index in [0.29, 0.717) is 0 Å². The highest BCUT2D eigenvalue weighted by Crippen LogP contribution is 2.33. The topological polar surface area (TPSA) is 41.6 Å². The van der Waals surface area contributed by atoms with Gasteiger partial charge in [0.15, 0.2) is 5.82 Å². The molecule has 0 aliphatic carbocycles. The largest absolute Gasteiger partial charge is 0.417 e. The monoisotopic (exact) mass is 335 g/mol. The fourth-order valence-corrected chi connectivity index (χ4v) is 2.67. The van der Waals surface area contributed by atoms with E-state index in [1.54, 1.807) is 22.9 Å². The average Bonchev–Trinajstić information content (AvgIpc) is 2.86. The summed E-state index contributed by atoms with van der Waals surface area (Å²) in [5, 5.41) is 9.65. The van der Waals surface area contributed by atoms with Crippen molar-refractivity contribution in [2.24, 2.45) is 0 Å². The van der Waals surface area contributed by atoms with Gasteiger partial charge < -0.3 is 0 Å². The SMILES string of the molecule is N#CCc1cn(-c2ncc(C(F)(F)F)cc2Cl)c2ccccc12. The quantitative estimate of drug-likeness (QED) is 0.677. The Bertz CT molecular complexity index is 922. The summed E-state index contributed by atoms with van der Waals surface area (Å²) in [5.74, 6) is 0.194. The van der Waals surface area contributed by atoms with Gasteiger partial charge in [0.1, 0.15) is 0 Å². The second kappa shape index (κ2) is 5.60. The lowest BCUT2D eigenvalue weighted by Gasteiger charge is -2.10. The molecule has 0 unspecified atom stereocenters. The maximum atomic E-state index is 12.7. The summed E-state index contributed by atoms with van der Waals surface area (Å²) in [7, 11) is 0. The molecule has 0 fully saturated rings. The van der Waals surface area contributed by atoms with Crippen molar-refractivity contribution in [1.82, 2.24) is 9.55 Å². The van der Waals surface area contributed by atoms with Crippen LogP contribution in [0.3, 0.4) is 0 Å². The molecule has 0 N–H and O–H groups in total. The van der Waals surface area contributed by atoms with E-state index < -0.39 is 11.7 Å². The highest BCUT2D eigenvalue weighted by Gasteiger charge is 2.31. The van der Waals surface area contributed by atoms with Gasteiger partial charge in [-0.25, -0.2) is 4.98 Å². The normalized spacial score (nSPS) is 11.6. The molecule has 0 spiro atoms. The Hall–Kier alpha value is -2.52. The lowest BCUT2D eigenvalue weighted by molar-refractivity contribution is -0.137. The van der Waals surface area contributed by atoms with Crippen LogP contribution in [0, 0.1) is 11.3 Å². The van der Waals surface area contributed by atoms with Crippen molar-refractivity contribution in [3.05, 3.63) is 58.9 Å². The van der Waals surface area contributed by atoms with Gasteiger partial charge in [0.05, 0.1) is 28.6 Å². The first kappa shape index (κ1) is 15.4. The van der Waals surface area contributed by atoms with Crippen LogP contribution in [0.2, 0.25) is 5.02 Å². The summed E-state index contributed by atoms with van der Waals surface area (Å²) >= 11 is 6.01. The Morgan fingerprint density at radius 2 is 2.00 bits per heavy atom. The van der Waals surface area contributed by atoms with Crippen molar-refractivity contribution in [1.29, 1.82) is 5.26 Å². The third-order valence-electron chi connectivity index (χ3n) is 3.44. The Labute approximate surface area is 134 Å². The van der Waals surface area contributed by atoms with Crippen molar-refractivity contribution in [2.45, 2.75) is 12.6 Å². The van der Waals surface area contributed by atoms with Crippen LogP contribution in [-0.2, 0) is 12.6 Å². The minimum Gasteiger partial charge on any atom is -0.300 e. The van der Waals surface area contributed by atoms with E-state index >= 15 is 0 Å². The van der Waals surface area contributed by atoms with E-state index in [2.05, 4.69) is 11.1 Å². The van der Waals surface area contributed by atoms with Crippen LogP contribution in [0.15, 0.2) is 42.7 Å². The van der Waals surface area contributed by atoms with Crippen LogP contribution in [-0.4, -0.2) is 9.55 Å². The van der Waals surface area contributed by atoms with Gasteiger partial charge in [0.25, 0.3) is 0 Å². The molecule has 116 valence electrons. The minimum atomic E-state index is -4.50. The molecule has 0 amide bonds. The summed E-state index contributed by atoms with van der Waals surface area (Å²) < 4.78 is 39.8. The van der Waals surface area contributed by atoms with Gasteiger partial charge in [-0.3, -0.25) is 4.57 Å². The van der Waals surface area contributed by atoms with E-state index in [-0.39, 0.29) is 17.3 Å². The van der Waals surface area contributed by atoms with Gasteiger partial charge in [0.2, 0.25) is 0 Å². The minimum absolute atomic E-state index is 0.107. The van der Waals surface area contributed by atoms with E-state index in [1.807, 2.05) is 12.1 Å². The van der Waals surface area contributed by atoms with Gasteiger partial charge in [-0.1, -0.05) is 29.8 Å². The number of fused-ring (bicyclic) bond motifs is 1. The lowest BCUT2D eigenvalue weighted by atomic mass is 10.1. The molecule has 0 atom stereocenters. The average molecular weight is 336 g/mol. The Balaban J connectivity index is 2.20. The molecule has 0 bridgehead atoms. The van der Waals surface area contributed by atoms with Gasteiger partial charge in [0, 0.05) is 17.8 Å². The fraction of sp³-hybridized carbons (Fsp3) is 0.125. The fourth-order valence-electron chi connectivity index (χ4n) is 2.41. The number of rotatable bonds is 2. The first-order valence-corrected chi connectivity index (χ1v) is 6.98. The van der Waals surface area contributed by atoms with Gasteiger partial charge in [-0.15, -0.1) is 0 Å². The van der Waals surface area contributed by atoms with Crippen LogP contribution in [0.1, 0.15) is 11.1 Å². The maximum Gasteiger partial charge on any atom is 0.417 e. The van der Waals surface area contributed by atoms with Crippen molar-refractivity contribution in [3.63, 3.8) is 0 Å². The molecule has 1 aromatic carbocycles. The zero-order valence-electron chi connectivity index (χ0n) is 11.6. The first-order valence-electron chi connectivity index (χ1n) is 6.61. The number of benzene rings is 1. The van der Waals surface area contributed by atoms with Gasteiger partial charge in [-0.2, -0.15) is 18.4 Å². The number of hydrogen-bond acceptors (Lipinski definition) is 2. The first-order chi connectivity index (χ1) is 10.9. The summed E-state index contributed by atoms with van der Waals surface area (Å²) in [4.78, 5) is 3.87. The van der Waals surface area contributed by atoms with Gasteiger partial charge >= 0.3 is 6.18 Å². The molecule has 2 heterocycles. The Morgan fingerprint density at radius 1 is 1.26 bits per heavy atom. The van der Waals surface area contributed by atoms with Gasteiger partial charge in [-0.05, 0) is 17.7 Å². The summed E-state index contributed by atoms with van der Waals surface area (Å²) in [6, 6.07) is 10.2. The number of nitriles is 1. The smallest absolute Gasteiger partial charge is 0.300 e. The number of pyridine rings is 1. The number of hydrogen-bond donors (Lipinski definition) is 0. The lowest BCUT2D eigenvalue weighted by Crippen LogP contribution is -2.07. The predicted octanol–water partition coefficient (Wildman–Crippen LogP) is 4.76. The van der Waals surface area contributed by atoms with Crippen LogP contribution < -0.4 is 0 Å². The number of alkyl halides is 3. The second-order valence-corrected chi connectivity index (χ2v) is 5.31.